The molecule has 1 saturated heterocycles. The lowest BCUT2D eigenvalue weighted by Gasteiger charge is -2.36. The standard InChI is InChI=1S/C17H14ClN5O2/c18-12-4-6-13(7-5-12)20-17(24)23-9-11(10-23)16-21-15(22-25-16)14-3-1-2-8-19-14/h1-8,11H,9-10H2,(H,20,24). The van der Waals surface area contributed by atoms with Crippen LogP contribution in [0.4, 0.5) is 10.5 Å². The predicted octanol–water partition coefficient (Wildman–Crippen LogP) is 3.42. The largest absolute Gasteiger partial charge is 0.338 e. The second kappa shape index (κ2) is 6.52. The third-order valence-electron chi connectivity index (χ3n) is 3.95. The topological polar surface area (TPSA) is 84.2 Å². The predicted molar refractivity (Wildman–Crippen MR) is 92.3 cm³/mol. The van der Waals surface area contributed by atoms with Gasteiger partial charge < -0.3 is 14.7 Å². The summed E-state index contributed by atoms with van der Waals surface area (Å²) in [5.74, 6) is 1.02. The summed E-state index contributed by atoms with van der Waals surface area (Å²) in [5.41, 5.74) is 1.36. The minimum atomic E-state index is -0.164. The lowest BCUT2D eigenvalue weighted by molar-refractivity contribution is 0.147. The van der Waals surface area contributed by atoms with Gasteiger partial charge in [0.1, 0.15) is 5.69 Å². The summed E-state index contributed by atoms with van der Waals surface area (Å²) in [5, 5.41) is 7.41. The van der Waals surface area contributed by atoms with E-state index in [1.54, 1.807) is 35.4 Å². The molecule has 8 heteroatoms. The van der Waals surface area contributed by atoms with E-state index in [-0.39, 0.29) is 11.9 Å². The monoisotopic (exact) mass is 355 g/mol. The molecule has 25 heavy (non-hydrogen) atoms. The first-order valence-electron chi connectivity index (χ1n) is 7.75. The van der Waals surface area contributed by atoms with Crippen molar-refractivity contribution in [1.29, 1.82) is 0 Å². The van der Waals surface area contributed by atoms with Crippen LogP contribution in [0, 0.1) is 0 Å². The van der Waals surface area contributed by atoms with Crippen molar-refractivity contribution in [2.24, 2.45) is 0 Å². The van der Waals surface area contributed by atoms with E-state index < -0.39 is 0 Å². The average molecular weight is 356 g/mol. The van der Waals surface area contributed by atoms with Gasteiger partial charge in [0.2, 0.25) is 11.7 Å². The summed E-state index contributed by atoms with van der Waals surface area (Å²) in [6.07, 6.45) is 1.68. The summed E-state index contributed by atoms with van der Waals surface area (Å²) < 4.78 is 5.31. The fourth-order valence-corrected chi connectivity index (χ4v) is 2.66. The molecule has 1 aliphatic heterocycles. The SMILES string of the molecule is O=C(Nc1ccc(Cl)cc1)N1CC(c2nc(-c3ccccn3)no2)C1. The van der Waals surface area contributed by atoms with Gasteiger partial charge in [0.25, 0.3) is 0 Å². The molecule has 0 bridgehead atoms. The highest BCUT2D eigenvalue weighted by Crippen LogP contribution is 2.27. The van der Waals surface area contributed by atoms with E-state index in [4.69, 9.17) is 16.1 Å². The molecule has 0 saturated carbocycles. The summed E-state index contributed by atoms with van der Waals surface area (Å²) >= 11 is 5.83. The van der Waals surface area contributed by atoms with Gasteiger partial charge in [-0.3, -0.25) is 4.98 Å². The van der Waals surface area contributed by atoms with E-state index in [1.165, 1.54) is 0 Å². The Morgan fingerprint density at radius 2 is 2.00 bits per heavy atom. The number of nitrogens with zero attached hydrogens (tertiary/aromatic N) is 4. The number of carbonyl (C=O) groups is 1. The molecule has 2 aromatic heterocycles. The van der Waals surface area contributed by atoms with Crippen LogP contribution in [-0.2, 0) is 0 Å². The summed E-state index contributed by atoms with van der Waals surface area (Å²) in [7, 11) is 0. The number of urea groups is 1. The molecular weight excluding hydrogens is 342 g/mol. The van der Waals surface area contributed by atoms with Crippen molar-refractivity contribution in [3.8, 4) is 11.5 Å². The number of likely N-dealkylation sites (tertiary alicyclic amines) is 1. The maximum absolute atomic E-state index is 12.2. The second-order valence-corrected chi connectivity index (χ2v) is 6.15. The molecule has 3 aromatic rings. The number of halogens is 1. The minimum Gasteiger partial charge on any atom is -0.338 e. The van der Waals surface area contributed by atoms with E-state index >= 15 is 0 Å². The van der Waals surface area contributed by atoms with Crippen LogP contribution in [0.25, 0.3) is 11.5 Å². The maximum Gasteiger partial charge on any atom is 0.321 e. The Balaban J connectivity index is 1.35. The summed E-state index contributed by atoms with van der Waals surface area (Å²) in [6.45, 7) is 1.06. The van der Waals surface area contributed by atoms with Gasteiger partial charge in [-0.25, -0.2) is 4.79 Å². The van der Waals surface area contributed by atoms with Crippen LogP contribution >= 0.6 is 11.6 Å². The number of hydrogen-bond acceptors (Lipinski definition) is 5. The third-order valence-corrected chi connectivity index (χ3v) is 4.20. The normalized spacial score (nSPS) is 14.2. The number of anilines is 1. The number of nitrogens with one attached hydrogen (secondary N) is 1. The molecule has 1 aromatic carbocycles. The van der Waals surface area contributed by atoms with E-state index in [0.29, 0.717) is 41.2 Å². The molecule has 1 aliphatic rings. The highest BCUT2D eigenvalue weighted by atomic mass is 35.5. The fourth-order valence-electron chi connectivity index (χ4n) is 2.54. The van der Waals surface area contributed by atoms with Crippen LogP contribution < -0.4 is 5.32 Å². The van der Waals surface area contributed by atoms with E-state index in [1.807, 2.05) is 18.2 Å². The van der Waals surface area contributed by atoms with Gasteiger partial charge in [-0.15, -0.1) is 0 Å². The maximum atomic E-state index is 12.2. The van der Waals surface area contributed by atoms with Crippen molar-refractivity contribution < 1.29 is 9.32 Å². The third kappa shape index (κ3) is 3.32. The van der Waals surface area contributed by atoms with E-state index in [0.717, 1.165) is 0 Å². The number of pyridine rings is 1. The first-order valence-corrected chi connectivity index (χ1v) is 8.13. The molecule has 126 valence electrons. The average Bonchev–Trinajstić information content (AvgIpc) is 3.06. The van der Waals surface area contributed by atoms with Crippen molar-refractivity contribution in [3.05, 3.63) is 59.6 Å². The van der Waals surface area contributed by atoms with Gasteiger partial charge in [0.05, 0.1) is 5.92 Å². The highest BCUT2D eigenvalue weighted by molar-refractivity contribution is 6.30. The molecule has 0 unspecified atom stereocenters. The fraction of sp³-hybridized carbons (Fsp3) is 0.176. The molecule has 2 amide bonds. The number of aromatic nitrogens is 3. The van der Waals surface area contributed by atoms with Crippen molar-refractivity contribution in [2.75, 3.05) is 18.4 Å². The van der Waals surface area contributed by atoms with Crippen molar-refractivity contribution in [3.63, 3.8) is 0 Å². The number of benzene rings is 1. The molecule has 0 aliphatic carbocycles. The summed E-state index contributed by atoms with van der Waals surface area (Å²) in [6, 6.07) is 12.3. The Hall–Kier alpha value is -2.93. The number of hydrogen-bond donors (Lipinski definition) is 1. The molecule has 1 N–H and O–H groups in total. The molecule has 4 rings (SSSR count). The van der Waals surface area contributed by atoms with Crippen LogP contribution in [0.15, 0.2) is 53.2 Å². The van der Waals surface area contributed by atoms with Crippen LogP contribution in [0.1, 0.15) is 11.8 Å². The minimum absolute atomic E-state index is 0.0425. The quantitative estimate of drug-likeness (QED) is 0.778. The van der Waals surface area contributed by atoms with Crippen LogP contribution in [0.3, 0.4) is 0 Å². The van der Waals surface area contributed by atoms with Crippen molar-refractivity contribution in [1.82, 2.24) is 20.0 Å². The second-order valence-electron chi connectivity index (χ2n) is 5.71. The first kappa shape index (κ1) is 15.6. The van der Waals surface area contributed by atoms with Gasteiger partial charge >= 0.3 is 6.03 Å². The zero-order chi connectivity index (χ0) is 17.2. The van der Waals surface area contributed by atoms with Crippen molar-refractivity contribution in [2.45, 2.75) is 5.92 Å². The van der Waals surface area contributed by atoms with Crippen LogP contribution in [0.5, 0.6) is 0 Å². The Morgan fingerprint density at radius 1 is 1.20 bits per heavy atom. The molecule has 0 spiro atoms. The molecule has 1 fully saturated rings. The Labute approximate surface area is 148 Å². The molecule has 7 nitrogen and oxygen atoms in total. The summed E-state index contributed by atoms with van der Waals surface area (Å²) in [4.78, 5) is 22.4. The van der Waals surface area contributed by atoms with Gasteiger partial charge in [-0.05, 0) is 36.4 Å². The number of carbonyl (C=O) groups excluding carboxylic acids is 1. The smallest absolute Gasteiger partial charge is 0.321 e. The van der Waals surface area contributed by atoms with Crippen LogP contribution in [0.2, 0.25) is 5.02 Å². The molecular formula is C17H14ClN5O2. The molecule has 3 heterocycles. The first-order chi connectivity index (χ1) is 12.2. The Bertz CT molecular complexity index is 876. The van der Waals surface area contributed by atoms with Gasteiger partial charge in [-0.2, -0.15) is 4.98 Å². The molecule has 0 atom stereocenters. The Kier molecular flexibility index (Phi) is 4.07. The highest BCUT2D eigenvalue weighted by Gasteiger charge is 2.35. The van der Waals surface area contributed by atoms with Crippen LogP contribution in [-0.4, -0.2) is 39.1 Å². The lowest BCUT2D eigenvalue weighted by atomic mass is 10.0. The molecule has 0 radical (unpaired) electrons. The zero-order valence-corrected chi connectivity index (χ0v) is 13.8. The van der Waals surface area contributed by atoms with Gasteiger partial charge in [0, 0.05) is 30.0 Å². The van der Waals surface area contributed by atoms with E-state index in [9.17, 15) is 4.79 Å². The number of amides is 2. The van der Waals surface area contributed by atoms with Gasteiger partial charge in [-0.1, -0.05) is 22.8 Å². The van der Waals surface area contributed by atoms with Crippen molar-refractivity contribution >= 4 is 23.3 Å². The van der Waals surface area contributed by atoms with Gasteiger partial charge in [0.15, 0.2) is 0 Å². The van der Waals surface area contributed by atoms with E-state index in [2.05, 4.69) is 20.4 Å². The zero-order valence-electron chi connectivity index (χ0n) is 13.1. The number of rotatable bonds is 3. The lowest BCUT2D eigenvalue weighted by Crippen LogP contribution is -2.50. The Morgan fingerprint density at radius 3 is 2.72 bits per heavy atom.